The summed E-state index contributed by atoms with van der Waals surface area (Å²) in [5, 5.41) is 9.68. The molecule has 0 radical (unpaired) electrons. The Labute approximate surface area is 94.2 Å². The quantitative estimate of drug-likeness (QED) is 0.755. The van der Waals surface area contributed by atoms with Crippen LogP contribution in [0, 0.1) is 0 Å². The van der Waals surface area contributed by atoms with Gasteiger partial charge in [-0.3, -0.25) is 0 Å². The molecule has 2 heterocycles. The lowest BCUT2D eigenvalue weighted by Gasteiger charge is -2.44. The van der Waals surface area contributed by atoms with E-state index >= 15 is 0 Å². The van der Waals surface area contributed by atoms with Crippen LogP contribution >= 0.6 is 23.5 Å². The minimum atomic E-state index is -0.535. The number of aliphatic hydroxyl groups is 1. The number of ether oxygens (including phenoxy) is 1. The number of rotatable bonds is 1. The van der Waals surface area contributed by atoms with Crippen molar-refractivity contribution in [2.45, 2.75) is 49.1 Å². The molecule has 2 aliphatic rings. The molecule has 2 nitrogen and oxygen atoms in total. The van der Waals surface area contributed by atoms with Gasteiger partial charge in [-0.2, -0.15) is 0 Å². The van der Waals surface area contributed by atoms with Crippen LogP contribution in [0.25, 0.3) is 0 Å². The zero-order valence-electron chi connectivity index (χ0n) is 8.57. The van der Waals surface area contributed by atoms with Crippen LogP contribution in [0.2, 0.25) is 0 Å². The van der Waals surface area contributed by atoms with Crippen molar-refractivity contribution in [2.75, 3.05) is 11.5 Å². The highest BCUT2D eigenvalue weighted by molar-refractivity contribution is 8.18. The van der Waals surface area contributed by atoms with Crippen LogP contribution in [0.3, 0.4) is 0 Å². The maximum Gasteiger partial charge on any atom is 0.157 e. The first-order valence-electron chi connectivity index (χ1n) is 5.35. The van der Waals surface area contributed by atoms with Gasteiger partial charge in [0.2, 0.25) is 0 Å². The van der Waals surface area contributed by atoms with Crippen LogP contribution in [-0.2, 0) is 4.74 Å². The lowest BCUT2D eigenvalue weighted by Crippen LogP contribution is -2.42. The molecule has 0 aromatic heterocycles. The number of hydrogen-bond donors (Lipinski definition) is 1. The molecule has 2 unspecified atom stereocenters. The zero-order valence-corrected chi connectivity index (χ0v) is 10.2. The summed E-state index contributed by atoms with van der Waals surface area (Å²) in [6, 6.07) is 0. The third kappa shape index (κ3) is 2.40. The Kier molecular flexibility index (Phi) is 3.68. The maximum absolute atomic E-state index is 9.68. The fourth-order valence-corrected chi connectivity index (χ4v) is 5.57. The standard InChI is InChI=1S/C10H18O2S2/c1-2-8-6-10(7-9(11)12-8)13-4-3-5-14-10/h8-9,11H,2-7H2,1H3. The molecular formula is C10H18O2S2. The van der Waals surface area contributed by atoms with Crippen molar-refractivity contribution in [1.82, 2.24) is 0 Å². The lowest BCUT2D eigenvalue weighted by atomic mass is 10.1. The van der Waals surface area contributed by atoms with Crippen LogP contribution in [0.15, 0.2) is 0 Å². The van der Waals surface area contributed by atoms with Gasteiger partial charge >= 0.3 is 0 Å². The summed E-state index contributed by atoms with van der Waals surface area (Å²) in [4.78, 5) is 0. The van der Waals surface area contributed by atoms with E-state index in [0.29, 0.717) is 0 Å². The van der Waals surface area contributed by atoms with Gasteiger partial charge in [-0.15, -0.1) is 23.5 Å². The topological polar surface area (TPSA) is 29.5 Å². The van der Waals surface area contributed by atoms with Gasteiger partial charge in [-0.05, 0) is 30.8 Å². The van der Waals surface area contributed by atoms with E-state index in [9.17, 15) is 5.11 Å². The molecule has 4 heteroatoms. The van der Waals surface area contributed by atoms with Crippen LogP contribution < -0.4 is 0 Å². The fourth-order valence-electron chi connectivity index (χ4n) is 2.11. The minimum Gasteiger partial charge on any atom is -0.368 e. The van der Waals surface area contributed by atoms with Crippen LogP contribution in [0.1, 0.15) is 32.6 Å². The highest BCUT2D eigenvalue weighted by Crippen LogP contribution is 2.51. The molecule has 1 spiro atoms. The SMILES string of the molecule is CCC1CC2(CC(O)O1)SCCCS2. The molecule has 2 aliphatic heterocycles. The van der Waals surface area contributed by atoms with Gasteiger partial charge in [-0.25, -0.2) is 0 Å². The van der Waals surface area contributed by atoms with Crippen molar-refractivity contribution >= 4 is 23.5 Å². The summed E-state index contributed by atoms with van der Waals surface area (Å²) >= 11 is 4.06. The highest BCUT2D eigenvalue weighted by atomic mass is 32.2. The van der Waals surface area contributed by atoms with Crippen molar-refractivity contribution in [3.8, 4) is 0 Å². The Morgan fingerprint density at radius 1 is 1.36 bits per heavy atom. The average molecular weight is 234 g/mol. The second-order valence-corrected chi connectivity index (χ2v) is 7.21. The smallest absolute Gasteiger partial charge is 0.157 e. The molecule has 2 saturated heterocycles. The summed E-state index contributed by atoms with van der Waals surface area (Å²) < 4.78 is 5.75. The average Bonchev–Trinajstić information content (AvgIpc) is 2.17. The van der Waals surface area contributed by atoms with Crippen LogP contribution in [0.4, 0.5) is 0 Å². The van der Waals surface area contributed by atoms with Crippen LogP contribution in [0.5, 0.6) is 0 Å². The molecule has 82 valence electrons. The molecule has 0 saturated carbocycles. The zero-order chi connectivity index (χ0) is 10.0. The van der Waals surface area contributed by atoms with E-state index < -0.39 is 6.29 Å². The number of thioether (sulfide) groups is 2. The fraction of sp³-hybridized carbons (Fsp3) is 1.00. The van der Waals surface area contributed by atoms with Gasteiger partial charge in [0.15, 0.2) is 6.29 Å². The lowest BCUT2D eigenvalue weighted by molar-refractivity contribution is -0.163. The molecule has 2 atom stereocenters. The van der Waals surface area contributed by atoms with Crippen molar-refractivity contribution < 1.29 is 9.84 Å². The van der Waals surface area contributed by atoms with Gasteiger partial charge in [-0.1, -0.05) is 6.92 Å². The first-order chi connectivity index (χ1) is 6.74. The van der Waals surface area contributed by atoms with Gasteiger partial charge < -0.3 is 9.84 Å². The first kappa shape index (κ1) is 11.1. The van der Waals surface area contributed by atoms with E-state index in [4.69, 9.17) is 4.74 Å². The Hall–Kier alpha value is 0.620. The third-order valence-electron chi connectivity index (χ3n) is 2.85. The van der Waals surface area contributed by atoms with Crippen molar-refractivity contribution in [3.63, 3.8) is 0 Å². The molecule has 0 aromatic rings. The Morgan fingerprint density at radius 3 is 2.71 bits per heavy atom. The third-order valence-corrected chi connectivity index (χ3v) is 6.26. The molecule has 0 aliphatic carbocycles. The Bertz CT molecular complexity index is 193. The first-order valence-corrected chi connectivity index (χ1v) is 7.33. The molecule has 0 bridgehead atoms. The maximum atomic E-state index is 9.68. The molecule has 2 rings (SSSR count). The van der Waals surface area contributed by atoms with Crippen LogP contribution in [-0.4, -0.2) is 33.1 Å². The molecule has 0 aromatic carbocycles. The van der Waals surface area contributed by atoms with Crippen molar-refractivity contribution in [3.05, 3.63) is 0 Å². The number of aliphatic hydroxyl groups excluding tert-OH is 1. The van der Waals surface area contributed by atoms with Gasteiger partial charge in [0.25, 0.3) is 0 Å². The van der Waals surface area contributed by atoms with E-state index in [1.807, 2.05) is 23.5 Å². The van der Waals surface area contributed by atoms with Gasteiger partial charge in [0, 0.05) is 6.42 Å². The molecular weight excluding hydrogens is 216 g/mol. The second-order valence-electron chi connectivity index (χ2n) is 3.99. The van der Waals surface area contributed by atoms with E-state index in [2.05, 4.69) is 6.92 Å². The van der Waals surface area contributed by atoms with Gasteiger partial charge in [0.1, 0.15) is 0 Å². The monoisotopic (exact) mass is 234 g/mol. The molecule has 1 N–H and O–H groups in total. The summed E-state index contributed by atoms with van der Waals surface area (Å²) in [6.07, 6.45) is 3.96. The second kappa shape index (κ2) is 4.64. The van der Waals surface area contributed by atoms with E-state index in [-0.39, 0.29) is 10.2 Å². The molecule has 14 heavy (non-hydrogen) atoms. The predicted molar refractivity (Wildman–Crippen MR) is 62.7 cm³/mol. The van der Waals surface area contributed by atoms with E-state index in [1.54, 1.807) is 0 Å². The Balaban J connectivity index is 2.02. The predicted octanol–water partition coefficient (Wildman–Crippen LogP) is 2.46. The molecule has 2 fully saturated rings. The summed E-state index contributed by atoms with van der Waals surface area (Å²) in [5.74, 6) is 2.49. The normalized spacial score (nSPS) is 37.3. The van der Waals surface area contributed by atoms with Gasteiger partial charge in [0.05, 0.1) is 10.2 Å². The Morgan fingerprint density at radius 2 is 2.07 bits per heavy atom. The largest absolute Gasteiger partial charge is 0.368 e. The minimum absolute atomic E-state index is 0.261. The van der Waals surface area contributed by atoms with E-state index in [0.717, 1.165) is 19.3 Å². The summed E-state index contributed by atoms with van der Waals surface area (Å²) in [6.45, 7) is 2.13. The molecule has 0 amide bonds. The van der Waals surface area contributed by atoms with Crippen molar-refractivity contribution in [2.24, 2.45) is 0 Å². The highest BCUT2D eigenvalue weighted by Gasteiger charge is 2.42. The number of hydrogen-bond acceptors (Lipinski definition) is 4. The summed E-state index contributed by atoms with van der Waals surface area (Å²) in [5.41, 5.74) is 0. The summed E-state index contributed by atoms with van der Waals surface area (Å²) in [7, 11) is 0. The van der Waals surface area contributed by atoms with E-state index in [1.165, 1.54) is 17.9 Å². The van der Waals surface area contributed by atoms with Crippen molar-refractivity contribution in [1.29, 1.82) is 0 Å².